The molecule has 70 valence electrons. The lowest BCUT2D eigenvalue weighted by Crippen LogP contribution is -2.41. The third kappa shape index (κ3) is 1.78. The van der Waals surface area contributed by atoms with Crippen LogP contribution in [0.4, 0.5) is 0 Å². The predicted octanol–water partition coefficient (Wildman–Crippen LogP) is -0.0319. The molecular formula is C7H14N2O2S. The Balaban J connectivity index is 1.96. The van der Waals surface area contributed by atoms with Crippen molar-refractivity contribution in [3.63, 3.8) is 0 Å². The van der Waals surface area contributed by atoms with Crippen LogP contribution in [0, 0.1) is 11.8 Å². The summed E-state index contributed by atoms with van der Waals surface area (Å²) in [4.78, 5) is 0. The maximum atomic E-state index is 10.7. The molecule has 2 aliphatic carbocycles. The molecule has 0 spiro atoms. The van der Waals surface area contributed by atoms with Gasteiger partial charge in [0.05, 0.1) is 0 Å². The topological polar surface area (TPSA) is 72.2 Å². The Morgan fingerprint density at radius 3 is 2.75 bits per heavy atom. The van der Waals surface area contributed by atoms with Crippen LogP contribution in [0.5, 0.6) is 0 Å². The lowest BCUT2D eigenvalue weighted by molar-refractivity contribution is 0.391. The molecule has 0 aromatic rings. The Kier molecular flexibility index (Phi) is 1.89. The molecule has 0 radical (unpaired) electrons. The summed E-state index contributed by atoms with van der Waals surface area (Å²) < 4.78 is 24.0. The second-order valence-corrected chi connectivity index (χ2v) is 5.19. The fourth-order valence-corrected chi connectivity index (χ4v) is 2.98. The SMILES string of the molecule is NS(=O)(=O)NC1CCC[C@H]2C[C@@H]12. The van der Waals surface area contributed by atoms with Gasteiger partial charge in [-0.05, 0) is 24.7 Å². The third-order valence-corrected chi connectivity index (χ3v) is 3.53. The molecule has 3 N–H and O–H groups in total. The summed E-state index contributed by atoms with van der Waals surface area (Å²) in [7, 11) is -3.48. The molecule has 2 aliphatic rings. The molecule has 0 amide bonds. The normalized spacial score (nSPS) is 40.6. The maximum Gasteiger partial charge on any atom is 0.274 e. The van der Waals surface area contributed by atoms with Gasteiger partial charge in [-0.1, -0.05) is 12.8 Å². The minimum Gasteiger partial charge on any atom is -0.216 e. The molecular weight excluding hydrogens is 176 g/mol. The Morgan fingerprint density at radius 2 is 2.08 bits per heavy atom. The van der Waals surface area contributed by atoms with E-state index in [0.29, 0.717) is 5.92 Å². The third-order valence-electron chi connectivity index (χ3n) is 2.90. The quantitative estimate of drug-likeness (QED) is 0.641. The van der Waals surface area contributed by atoms with E-state index < -0.39 is 10.2 Å². The number of hydrogen-bond donors (Lipinski definition) is 2. The van der Waals surface area contributed by atoms with Gasteiger partial charge in [0.25, 0.3) is 10.2 Å². The molecule has 0 aromatic heterocycles. The average Bonchev–Trinajstić information content (AvgIpc) is 2.62. The molecule has 2 rings (SSSR count). The molecule has 0 saturated heterocycles. The van der Waals surface area contributed by atoms with E-state index in [2.05, 4.69) is 4.72 Å². The summed E-state index contributed by atoms with van der Waals surface area (Å²) in [5, 5.41) is 4.91. The Hall–Kier alpha value is -0.130. The van der Waals surface area contributed by atoms with Crippen LogP contribution in [0.2, 0.25) is 0 Å². The van der Waals surface area contributed by atoms with Gasteiger partial charge in [-0.25, -0.2) is 5.14 Å². The van der Waals surface area contributed by atoms with Crippen LogP contribution >= 0.6 is 0 Å². The number of nitrogens with two attached hydrogens (primary N) is 1. The molecule has 5 heteroatoms. The van der Waals surface area contributed by atoms with E-state index in [-0.39, 0.29) is 6.04 Å². The highest BCUT2D eigenvalue weighted by Gasteiger charge is 2.45. The Bertz CT molecular complexity index is 275. The number of rotatable bonds is 2. The smallest absolute Gasteiger partial charge is 0.216 e. The molecule has 0 aromatic carbocycles. The predicted molar refractivity (Wildman–Crippen MR) is 45.5 cm³/mol. The fraction of sp³-hybridized carbons (Fsp3) is 1.00. The van der Waals surface area contributed by atoms with Gasteiger partial charge in [0, 0.05) is 6.04 Å². The summed E-state index contributed by atoms with van der Waals surface area (Å²) in [6.45, 7) is 0. The Labute approximate surface area is 72.7 Å². The first-order valence-electron chi connectivity index (χ1n) is 4.36. The van der Waals surface area contributed by atoms with Gasteiger partial charge in [-0.3, -0.25) is 0 Å². The highest BCUT2D eigenvalue weighted by molar-refractivity contribution is 7.87. The van der Waals surface area contributed by atoms with Gasteiger partial charge in [0.1, 0.15) is 0 Å². The monoisotopic (exact) mass is 190 g/mol. The van der Waals surface area contributed by atoms with Gasteiger partial charge >= 0.3 is 0 Å². The summed E-state index contributed by atoms with van der Waals surface area (Å²) in [5.74, 6) is 1.36. The van der Waals surface area contributed by atoms with Crippen LogP contribution in [0.3, 0.4) is 0 Å². The summed E-state index contributed by atoms with van der Waals surface area (Å²) in [6.07, 6.45) is 4.55. The lowest BCUT2D eigenvalue weighted by atomic mass is 9.96. The van der Waals surface area contributed by atoms with Crippen LogP contribution in [0.1, 0.15) is 25.7 Å². The van der Waals surface area contributed by atoms with E-state index in [9.17, 15) is 8.42 Å². The van der Waals surface area contributed by atoms with E-state index in [0.717, 1.165) is 18.8 Å². The van der Waals surface area contributed by atoms with Crippen molar-refractivity contribution in [1.82, 2.24) is 4.72 Å². The molecule has 3 atom stereocenters. The lowest BCUT2D eigenvalue weighted by Gasteiger charge is -2.20. The molecule has 0 bridgehead atoms. The highest BCUT2D eigenvalue weighted by atomic mass is 32.2. The van der Waals surface area contributed by atoms with Crippen molar-refractivity contribution in [1.29, 1.82) is 0 Å². The average molecular weight is 190 g/mol. The molecule has 2 fully saturated rings. The first-order valence-corrected chi connectivity index (χ1v) is 5.91. The molecule has 4 nitrogen and oxygen atoms in total. The first-order chi connectivity index (χ1) is 5.56. The molecule has 1 unspecified atom stereocenters. The maximum absolute atomic E-state index is 10.7. The van der Waals surface area contributed by atoms with Crippen molar-refractivity contribution in [3.8, 4) is 0 Å². The Morgan fingerprint density at radius 1 is 1.33 bits per heavy atom. The van der Waals surface area contributed by atoms with Crippen LogP contribution in [-0.2, 0) is 10.2 Å². The second-order valence-electron chi connectivity index (χ2n) is 3.86. The van der Waals surface area contributed by atoms with Gasteiger partial charge in [-0.15, -0.1) is 0 Å². The summed E-state index contributed by atoms with van der Waals surface area (Å²) in [6, 6.07) is 0.124. The van der Waals surface area contributed by atoms with Gasteiger partial charge < -0.3 is 0 Å². The second kappa shape index (κ2) is 2.68. The minimum absolute atomic E-state index is 0.124. The summed E-state index contributed by atoms with van der Waals surface area (Å²) >= 11 is 0. The standard InChI is InChI=1S/C7H14N2O2S/c8-12(10,11)9-7-3-1-2-5-4-6(5)7/h5-7,9H,1-4H2,(H2,8,10,11)/t5-,6+,7?/m0/s1. The van der Waals surface area contributed by atoms with E-state index in [4.69, 9.17) is 5.14 Å². The molecule has 0 heterocycles. The summed E-state index contributed by atoms with van der Waals surface area (Å²) in [5.41, 5.74) is 0. The van der Waals surface area contributed by atoms with Crippen molar-refractivity contribution in [3.05, 3.63) is 0 Å². The van der Waals surface area contributed by atoms with Crippen molar-refractivity contribution in [2.75, 3.05) is 0 Å². The van der Waals surface area contributed by atoms with E-state index in [1.807, 2.05) is 0 Å². The van der Waals surface area contributed by atoms with Crippen LogP contribution in [0.25, 0.3) is 0 Å². The zero-order chi connectivity index (χ0) is 8.77. The zero-order valence-electron chi connectivity index (χ0n) is 6.86. The van der Waals surface area contributed by atoms with E-state index >= 15 is 0 Å². The number of hydrogen-bond acceptors (Lipinski definition) is 2. The van der Waals surface area contributed by atoms with E-state index in [1.165, 1.54) is 12.8 Å². The fourth-order valence-electron chi connectivity index (χ4n) is 2.27. The zero-order valence-corrected chi connectivity index (χ0v) is 7.68. The van der Waals surface area contributed by atoms with Gasteiger partial charge in [0.2, 0.25) is 0 Å². The molecule has 0 aliphatic heterocycles. The first kappa shape index (κ1) is 8.47. The van der Waals surface area contributed by atoms with Crippen molar-refractivity contribution < 1.29 is 8.42 Å². The van der Waals surface area contributed by atoms with Crippen LogP contribution < -0.4 is 9.86 Å². The van der Waals surface area contributed by atoms with Crippen molar-refractivity contribution in [2.24, 2.45) is 17.0 Å². The van der Waals surface area contributed by atoms with Crippen molar-refractivity contribution >= 4 is 10.2 Å². The largest absolute Gasteiger partial charge is 0.274 e. The van der Waals surface area contributed by atoms with Crippen molar-refractivity contribution in [2.45, 2.75) is 31.7 Å². The highest BCUT2D eigenvalue weighted by Crippen LogP contribution is 2.49. The number of fused-ring (bicyclic) bond motifs is 1. The van der Waals surface area contributed by atoms with Crippen LogP contribution in [0.15, 0.2) is 0 Å². The van der Waals surface area contributed by atoms with Gasteiger partial charge in [-0.2, -0.15) is 13.1 Å². The van der Waals surface area contributed by atoms with Gasteiger partial charge in [0.15, 0.2) is 0 Å². The van der Waals surface area contributed by atoms with Crippen LogP contribution in [-0.4, -0.2) is 14.5 Å². The van der Waals surface area contributed by atoms with E-state index in [1.54, 1.807) is 0 Å². The number of nitrogens with one attached hydrogen (secondary N) is 1. The molecule has 12 heavy (non-hydrogen) atoms. The molecule has 2 saturated carbocycles. The minimum atomic E-state index is -3.48.